The number of fused-ring (bicyclic) bond motifs is 1. The first-order chi connectivity index (χ1) is 12.1. The SMILES string of the molecule is Cc1cc(NCC2CC2)n2nc(Nc3ccccc3)c(C(N)=O)c2n1. The Morgan fingerprint density at radius 2 is 2.08 bits per heavy atom. The van der Waals surface area contributed by atoms with Crippen LogP contribution in [0.3, 0.4) is 0 Å². The highest BCUT2D eigenvalue weighted by Gasteiger charge is 2.24. The third kappa shape index (κ3) is 3.13. The molecule has 0 bridgehead atoms. The lowest BCUT2D eigenvalue weighted by Gasteiger charge is -2.08. The lowest BCUT2D eigenvalue weighted by molar-refractivity contribution is 0.100. The molecular formula is C18H20N6O. The molecule has 7 nitrogen and oxygen atoms in total. The van der Waals surface area contributed by atoms with Gasteiger partial charge in [-0.1, -0.05) is 18.2 Å². The number of aryl methyl sites for hydroxylation is 1. The zero-order valence-electron chi connectivity index (χ0n) is 14.0. The molecule has 4 N–H and O–H groups in total. The molecular weight excluding hydrogens is 316 g/mol. The first-order valence-corrected chi connectivity index (χ1v) is 8.38. The van der Waals surface area contributed by atoms with E-state index in [0.717, 1.165) is 29.7 Å². The Kier molecular flexibility index (Phi) is 3.76. The second-order valence-electron chi connectivity index (χ2n) is 6.42. The monoisotopic (exact) mass is 336 g/mol. The summed E-state index contributed by atoms with van der Waals surface area (Å²) >= 11 is 0. The number of nitrogens with one attached hydrogen (secondary N) is 2. The number of carbonyl (C=O) groups excluding carboxylic acids is 1. The molecule has 4 rings (SSSR count). The van der Waals surface area contributed by atoms with E-state index >= 15 is 0 Å². The van der Waals surface area contributed by atoms with E-state index in [1.165, 1.54) is 12.8 Å². The van der Waals surface area contributed by atoms with Crippen molar-refractivity contribution in [3.8, 4) is 0 Å². The average molecular weight is 336 g/mol. The zero-order chi connectivity index (χ0) is 17.4. The summed E-state index contributed by atoms with van der Waals surface area (Å²) in [7, 11) is 0. The van der Waals surface area contributed by atoms with Crippen molar-refractivity contribution in [2.45, 2.75) is 19.8 Å². The van der Waals surface area contributed by atoms with Gasteiger partial charge in [-0.25, -0.2) is 4.98 Å². The number of benzene rings is 1. The second-order valence-corrected chi connectivity index (χ2v) is 6.42. The lowest BCUT2D eigenvalue weighted by Crippen LogP contribution is -2.14. The minimum atomic E-state index is -0.556. The van der Waals surface area contributed by atoms with E-state index in [0.29, 0.717) is 17.0 Å². The van der Waals surface area contributed by atoms with Crippen LogP contribution in [0, 0.1) is 12.8 Å². The molecule has 2 aromatic heterocycles. The molecule has 1 aromatic carbocycles. The molecule has 1 aliphatic carbocycles. The standard InChI is InChI=1S/C18H20N6O/c1-11-9-14(20-10-12-7-8-12)24-18(21-11)15(16(19)25)17(23-24)22-13-5-3-2-4-6-13/h2-6,9,12,20H,7-8,10H2,1H3,(H2,19,25)(H,22,23). The Labute approximate surface area is 145 Å². The maximum atomic E-state index is 12.1. The summed E-state index contributed by atoms with van der Waals surface area (Å²) in [5.74, 6) is 1.39. The van der Waals surface area contributed by atoms with Crippen molar-refractivity contribution >= 4 is 28.9 Å². The predicted octanol–water partition coefficient (Wildman–Crippen LogP) is 2.70. The summed E-state index contributed by atoms with van der Waals surface area (Å²) in [6.45, 7) is 2.79. The maximum absolute atomic E-state index is 12.1. The second kappa shape index (κ2) is 6.08. The fraction of sp³-hybridized carbons (Fsp3) is 0.278. The van der Waals surface area contributed by atoms with Gasteiger partial charge in [0.05, 0.1) is 0 Å². The first-order valence-electron chi connectivity index (χ1n) is 8.38. The molecule has 0 aliphatic heterocycles. The van der Waals surface area contributed by atoms with Gasteiger partial charge in [-0.15, -0.1) is 5.10 Å². The largest absolute Gasteiger partial charge is 0.370 e. The molecule has 1 aliphatic rings. The average Bonchev–Trinajstić information content (AvgIpc) is 3.34. The molecule has 1 saturated carbocycles. The highest BCUT2D eigenvalue weighted by atomic mass is 16.1. The smallest absolute Gasteiger partial charge is 0.256 e. The van der Waals surface area contributed by atoms with Gasteiger partial charge in [-0.2, -0.15) is 4.52 Å². The highest BCUT2D eigenvalue weighted by Crippen LogP contribution is 2.30. The van der Waals surface area contributed by atoms with Gasteiger partial charge in [0.1, 0.15) is 11.4 Å². The van der Waals surface area contributed by atoms with E-state index in [4.69, 9.17) is 5.73 Å². The number of rotatable bonds is 6. The van der Waals surface area contributed by atoms with Crippen LogP contribution < -0.4 is 16.4 Å². The number of carbonyl (C=O) groups is 1. The molecule has 1 fully saturated rings. The van der Waals surface area contributed by atoms with Crippen molar-refractivity contribution in [3.63, 3.8) is 0 Å². The number of aromatic nitrogens is 3. The zero-order valence-corrected chi connectivity index (χ0v) is 14.0. The number of nitrogens with two attached hydrogens (primary N) is 1. The van der Waals surface area contributed by atoms with Crippen LogP contribution in [0.2, 0.25) is 0 Å². The summed E-state index contributed by atoms with van der Waals surface area (Å²) in [6, 6.07) is 11.5. The van der Waals surface area contributed by atoms with Crippen LogP contribution in [0.5, 0.6) is 0 Å². The molecule has 3 aromatic rings. The van der Waals surface area contributed by atoms with E-state index in [1.54, 1.807) is 4.52 Å². The van der Waals surface area contributed by atoms with E-state index in [2.05, 4.69) is 20.7 Å². The quantitative estimate of drug-likeness (QED) is 0.643. The lowest BCUT2D eigenvalue weighted by atomic mass is 10.2. The molecule has 0 radical (unpaired) electrons. The van der Waals surface area contributed by atoms with E-state index < -0.39 is 5.91 Å². The summed E-state index contributed by atoms with van der Waals surface area (Å²) in [5.41, 5.74) is 8.01. The van der Waals surface area contributed by atoms with Crippen LogP contribution in [-0.2, 0) is 0 Å². The third-order valence-corrected chi connectivity index (χ3v) is 4.27. The number of anilines is 3. The minimum Gasteiger partial charge on any atom is -0.370 e. The molecule has 0 spiro atoms. The van der Waals surface area contributed by atoms with Gasteiger partial charge in [0, 0.05) is 24.0 Å². The Hall–Kier alpha value is -3.09. The minimum absolute atomic E-state index is 0.294. The van der Waals surface area contributed by atoms with Crippen LogP contribution in [0.1, 0.15) is 28.9 Å². The predicted molar refractivity (Wildman–Crippen MR) is 97.2 cm³/mol. The summed E-state index contributed by atoms with van der Waals surface area (Å²) in [4.78, 5) is 16.5. The van der Waals surface area contributed by atoms with Gasteiger partial charge >= 0.3 is 0 Å². The number of nitrogens with zero attached hydrogens (tertiary/aromatic N) is 3. The number of amides is 1. The van der Waals surface area contributed by atoms with Crippen LogP contribution in [-0.4, -0.2) is 27.0 Å². The molecule has 25 heavy (non-hydrogen) atoms. The molecule has 128 valence electrons. The van der Waals surface area contributed by atoms with Gasteiger partial charge in [0.25, 0.3) is 5.91 Å². The Bertz CT molecular complexity index is 930. The first kappa shape index (κ1) is 15.4. The van der Waals surface area contributed by atoms with Crippen molar-refractivity contribution in [2.24, 2.45) is 11.7 Å². The Morgan fingerprint density at radius 3 is 2.76 bits per heavy atom. The van der Waals surface area contributed by atoms with E-state index in [1.807, 2.05) is 43.3 Å². The van der Waals surface area contributed by atoms with Gasteiger partial charge < -0.3 is 16.4 Å². The van der Waals surface area contributed by atoms with Crippen molar-refractivity contribution in [3.05, 3.63) is 47.7 Å². The summed E-state index contributed by atoms with van der Waals surface area (Å²) < 4.78 is 1.65. The van der Waals surface area contributed by atoms with Gasteiger partial charge in [0.15, 0.2) is 11.5 Å². The summed E-state index contributed by atoms with van der Waals surface area (Å²) in [5, 5.41) is 11.1. The number of hydrogen-bond donors (Lipinski definition) is 3. The fourth-order valence-corrected chi connectivity index (χ4v) is 2.81. The Morgan fingerprint density at radius 1 is 1.32 bits per heavy atom. The Balaban J connectivity index is 1.80. The topological polar surface area (TPSA) is 97.3 Å². The van der Waals surface area contributed by atoms with Gasteiger partial charge in [-0.3, -0.25) is 4.79 Å². The molecule has 2 heterocycles. The number of para-hydroxylation sites is 1. The summed E-state index contributed by atoms with van der Waals surface area (Å²) in [6.07, 6.45) is 2.51. The van der Waals surface area contributed by atoms with Crippen molar-refractivity contribution < 1.29 is 4.79 Å². The van der Waals surface area contributed by atoms with Crippen molar-refractivity contribution in [1.29, 1.82) is 0 Å². The van der Waals surface area contributed by atoms with Crippen LogP contribution >= 0.6 is 0 Å². The molecule has 1 amide bonds. The molecule has 0 unspecified atom stereocenters. The molecule has 0 atom stereocenters. The van der Waals surface area contributed by atoms with Gasteiger partial charge in [0.2, 0.25) is 0 Å². The van der Waals surface area contributed by atoms with Crippen LogP contribution in [0.15, 0.2) is 36.4 Å². The third-order valence-electron chi connectivity index (χ3n) is 4.27. The molecule has 7 heteroatoms. The van der Waals surface area contributed by atoms with Crippen LogP contribution in [0.4, 0.5) is 17.3 Å². The van der Waals surface area contributed by atoms with Crippen molar-refractivity contribution in [1.82, 2.24) is 14.6 Å². The van der Waals surface area contributed by atoms with E-state index in [-0.39, 0.29) is 0 Å². The number of primary amides is 1. The van der Waals surface area contributed by atoms with E-state index in [9.17, 15) is 4.79 Å². The highest BCUT2D eigenvalue weighted by molar-refractivity contribution is 6.04. The maximum Gasteiger partial charge on any atom is 0.256 e. The van der Waals surface area contributed by atoms with Crippen molar-refractivity contribution in [2.75, 3.05) is 17.2 Å². The van der Waals surface area contributed by atoms with Gasteiger partial charge in [-0.05, 0) is 37.8 Å². The normalized spacial score (nSPS) is 13.8. The number of hydrogen-bond acceptors (Lipinski definition) is 5. The van der Waals surface area contributed by atoms with Crippen LogP contribution in [0.25, 0.3) is 5.65 Å². The molecule has 0 saturated heterocycles. The fourth-order valence-electron chi connectivity index (χ4n) is 2.81.